The Balaban J connectivity index is 1.66. The van der Waals surface area contributed by atoms with Gasteiger partial charge in [0, 0.05) is 17.5 Å². The van der Waals surface area contributed by atoms with E-state index < -0.39 is 5.60 Å². The van der Waals surface area contributed by atoms with Gasteiger partial charge in [0.15, 0.2) is 0 Å². The van der Waals surface area contributed by atoms with Crippen LogP contribution in [-0.4, -0.2) is 24.4 Å². The van der Waals surface area contributed by atoms with Gasteiger partial charge in [-0.3, -0.25) is 0 Å². The van der Waals surface area contributed by atoms with E-state index in [2.05, 4.69) is 97.2 Å². The summed E-state index contributed by atoms with van der Waals surface area (Å²) in [5.74, 6) is 1.04. The molecule has 0 spiro atoms. The molecule has 1 aliphatic heterocycles. The first-order valence-electron chi connectivity index (χ1n) is 12.7. The van der Waals surface area contributed by atoms with Gasteiger partial charge in [0.2, 0.25) is 0 Å². The van der Waals surface area contributed by atoms with Crippen LogP contribution in [0.25, 0.3) is 6.08 Å². The number of fused-ring (bicyclic) bond motifs is 1. The molecule has 0 amide bonds. The van der Waals surface area contributed by atoms with Crippen molar-refractivity contribution in [1.29, 1.82) is 0 Å². The van der Waals surface area contributed by atoms with Gasteiger partial charge in [0.05, 0.1) is 12.7 Å². The van der Waals surface area contributed by atoms with E-state index in [0.717, 1.165) is 29.9 Å². The molecule has 1 aliphatic carbocycles. The summed E-state index contributed by atoms with van der Waals surface area (Å²) in [6, 6.07) is 29.6. The summed E-state index contributed by atoms with van der Waals surface area (Å²) in [6.07, 6.45) is 6.66. The van der Waals surface area contributed by atoms with Crippen molar-refractivity contribution in [2.45, 2.75) is 49.7 Å². The Morgan fingerprint density at radius 3 is 2.37 bits per heavy atom. The quantitative estimate of drug-likeness (QED) is 0.438. The maximum atomic E-state index is 12.5. The third kappa shape index (κ3) is 4.84. The molecule has 4 unspecified atom stereocenters. The minimum absolute atomic E-state index is 0.0950. The number of allylic oxidation sites excluding steroid dienone is 2. The molecule has 2 N–H and O–H groups in total. The number of hydrogen-bond donors (Lipinski definition) is 2. The number of aliphatic hydroxyl groups is 1. The molecule has 3 aromatic rings. The molecule has 1 heterocycles. The highest BCUT2D eigenvalue weighted by atomic mass is 16.5. The Labute approximate surface area is 209 Å². The fourth-order valence-electron chi connectivity index (χ4n) is 5.88. The fourth-order valence-corrected chi connectivity index (χ4v) is 5.88. The van der Waals surface area contributed by atoms with Gasteiger partial charge < -0.3 is 15.2 Å². The number of hydrogen-bond acceptors (Lipinski definition) is 3. The lowest BCUT2D eigenvalue weighted by atomic mass is 9.68. The zero-order valence-electron chi connectivity index (χ0n) is 20.7. The second kappa shape index (κ2) is 10.2. The molecule has 3 nitrogen and oxygen atoms in total. The normalized spacial score (nSPS) is 25.3. The predicted octanol–water partition coefficient (Wildman–Crippen LogP) is 6.75. The van der Waals surface area contributed by atoms with Crippen LogP contribution in [0.4, 0.5) is 0 Å². The molecule has 0 aromatic heterocycles. The Bertz CT molecular complexity index is 1200. The molecule has 35 heavy (non-hydrogen) atoms. The smallest absolute Gasteiger partial charge is 0.118 e. The molecule has 1 saturated heterocycles. The summed E-state index contributed by atoms with van der Waals surface area (Å²) in [5, 5.41) is 16.1. The molecule has 0 radical (unpaired) electrons. The molecule has 1 fully saturated rings. The van der Waals surface area contributed by atoms with E-state index in [1.165, 1.54) is 16.7 Å². The van der Waals surface area contributed by atoms with Crippen LogP contribution < -0.4 is 5.32 Å². The van der Waals surface area contributed by atoms with Crippen molar-refractivity contribution in [2.75, 3.05) is 13.7 Å². The topological polar surface area (TPSA) is 41.5 Å². The van der Waals surface area contributed by atoms with E-state index in [1.807, 2.05) is 12.1 Å². The Morgan fingerprint density at radius 2 is 1.63 bits per heavy atom. The zero-order chi connectivity index (χ0) is 24.3. The first-order chi connectivity index (χ1) is 17.1. The summed E-state index contributed by atoms with van der Waals surface area (Å²) < 4.78 is 6.02. The summed E-state index contributed by atoms with van der Waals surface area (Å²) in [4.78, 5) is 0. The molecular weight excluding hydrogens is 430 g/mol. The van der Waals surface area contributed by atoms with Gasteiger partial charge >= 0.3 is 0 Å². The van der Waals surface area contributed by atoms with Crippen molar-refractivity contribution in [3.8, 4) is 0 Å². The molecule has 0 saturated carbocycles. The minimum Gasteiger partial charge on any atom is -0.497 e. The van der Waals surface area contributed by atoms with Crippen LogP contribution in [0, 0.1) is 0 Å². The van der Waals surface area contributed by atoms with Crippen LogP contribution in [0.1, 0.15) is 66.3 Å². The van der Waals surface area contributed by atoms with Crippen molar-refractivity contribution in [2.24, 2.45) is 0 Å². The van der Waals surface area contributed by atoms with Gasteiger partial charge in [-0.05, 0) is 66.1 Å². The molecule has 3 heteroatoms. The summed E-state index contributed by atoms with van der Waals surface area (Å²) >= 11 is 0. The van der Waals surface area contributed by atoms with Crippen LogP contribution in [0.3, 0.4) is 0 Å². The first kappa shape index (κ1) is 23.6. The Morgan fingerprint density at radius 1 is 0.943 bits per heavy atom. The molecule has 3 aromatic carbocycles. The number of ether oxygens (including phenoxy) is 1. The largest absolute Gasteiger partial charge is 0.497 e. The van der Waals surface area contributed by atoms with Gasteiger partial charge in [-0.15, -0.1) is 0 Å². The Kier molecular flexibility index (Phi) is 6.90. The van der Waals surface area contributed by atoms with Gasteiger partial charge in [-0.25, -0.2) is 0 Å². The Hall–Kier alpha value is -3.14. The van der Waals surface area contributed by atoms with Gasteiger partial charge in [0.1, 0.15) is 5.76 Å². The van der Waals surface area contributed by atoms with Gasteiger partial charge in [0.25, 0.3) is 0 Å². The summed E-state index contributed by atoms with van der Waals surface area (Å²) in [7, 11) is 1.75. The van der Waals surface area contributed by atoms with E-state index in [9.17, 15) is 5.11 Å². The third-order valence-electron chi connectivity index (χ3n) is 7.69. The molecular formula is C32H35NO2. The van der Waals surface area contributed by atoms with E-state index in [1.54, 1.807) is 7.11 Å². The van der Waals surface area contributed by atoms with Crippen LogP contribution in [0.5, 0.6) is 0 Å². The SMILES string of the molecule is COC1=CCC(C)c2ccccc2C=C1C(c1ccccc1)C1(O)CCNC(c2ccccc2)C1. The number of rotatable bonds is 5. The fraction of sp³-hybridized carbons (Fsp3) is 0.312. The highest BCUT2D eigenvalue weighted by Crippen LogP contribution is 2.48. The molecule has 0 bridgehead atoms. The van der Waals surface area contributed by atoms with Crippen LogP contribution in [0.2, 0.25) is 0 Å². The van der Waals surface area contributed by atoms with Gasteiger partial charge in [-0.1, -0.05) is 91.9 Å². The third-order valence-corrected chi connectivity index (χ3v) is 7.69. The van der Waals surface area contributed by atoms with Crippen LogP contribution >= 0.6 is 0 Å². The maximum absolute atomic E-state index is 12.5. The number of nitrogens with one attached hydrogen (secondary N) is 1. The predicted molar refractivity (Wildman–Crippen MR) is 143 cm³/mol. The maximum Gasteiger partial charge on any atom is 0.118 e. The second-order valence-corrected chi connectivity index (χ2v) is 9.96. The summed E-state index contributed by atoms with van der Waals surface area (Å²) in [6.45, 7) is 3.02. The molecule has 180 valence electrons. The van der Waals surface area contributed by atoms with Crippen molar-refractivity contribution in [1.82, 2.24) is 5.32 Å². The highest BCUT2D eigenvalue weighted by Gasteiger charge is 2.45. The summed E-state index contributed by atoms with van der Waals surface area (Å²) in [5.41, 5.74) is 4.98. The number of methoxy groups -OCH3 is 1. The average Bonchev–Trinajstić information content (AvgIpc) is 2.89. The minimum atomic E-state index is -0.934. The van der Waals surface area contributed by atoms with Gasteiger partial charge in [-0.2, -0.15) is 0 Å². The lowest BCUT2D eigenvalue weighted by Crippen LogP contribution is -2.48. The van der Waals surface area contributed by atoms with Crippen molar-refractivity contribution >= 4 is 6.08 Å². The number of piperidine rings is 1. The lowest BCUT2D eigenvalue weighted by Gasteiger charge is -2.44. The van der Waals surface area contributed by atoms with E-state index in [-0.39, 0.29) is 12.0 Å². The van der Waals surface area contributed by atoms with Crippen molar-refractivity contribution < 1.29 is 9.84 Å². The van der Waals surface area contributed by atoms with E-state index in [0.29, 0.717) is 18.8 Å². The van der Waals surface area contributed by atoms with Crippen molar-refractivity contribution in [3.63, 3.8) is 0 Å². The average molecular weight is 466 g/mol. The highest BCUT2D eigenvalue weighted by molar-refractivity contribution is 5.65. The first-order valence-corrected chi connectivity index (χ1v) is 12.7. The number of benzene rings is 3. The molecule has 5 rings (SSSR count). The zero-order valence-corrected chi connectivity index (χ0v) is 20.7. The lowest BCUT2D eigenvalue weighted by molar-refractivity contribution is -0.0206. The van der Waals surface area contributed by atoms with E-state index >= 15 is 0 Å². The van der Waals surface area contributed by atoms with Crippen LogP contribution in [0.15, 0.2) is 102 Å². The monoisotopic (exact) mass is 465 g/mol. The molecule has 4 atom stereocenters. The van der Waals surface area contributed by atoms with E-state index in [4.69, 9.17) is 4.74 Å². The second-order valence-electron chi connectivity index (χ2n) is 9.96. The molecule has 2 aliphatic rings. The standard InChI is InChI=1S/C32H35NO2/c1-23-17-18-30(35-2)28(21-26-15-9-10-16-27(23)26)31(25-13-7-4-8-14-25)32(34)19-20-33-29(22-32)24-11-5-3-6-12-24/h3-16,18,21,23,29,31,33-34H,17,19-20,22H2,1-2H3. The van der Waals surface area contributed by atoms with Crippen molar-refractivity contribution in [3.05, 3.63) is 125 Å². The van der Waals surface area contributed by atoms with Crippen LogP contribution in [-0.2, 0) is 4.74 Å².